The van der Waals surface area contributed by atoms with Crippen LogP contribution in [0.15, 0.2) is 17.5 Å². The van der Waals surface area contributed by atoms with E-state index in [0.717, 1.165) is 20.5 Å². The highest BCUT2D eigenvalue weighted by molar-refractivity contribution is 7.22. The Morgan fingerprint density at radius 1 is 1.23 bits per heavy atom. The number of rotatable bonds is 4. The van der Waals surface area contributed by atoms with Crippen LogP contribution in [-0.4, -0.2) is 31.3 Å². The van der Waals surface area contributed by atoms with Gasteiger partial charge in [-0.3, -0.25) is 0 Å². The SMILES string of the molecule is COC(=O)c1sc2cc3cc(Cl)csc-3c2c1OCC(=O)OC(C)(C)C. The first kappa shape index (κ1) is 18.9. The zero-order valence-corrected chi connectivity index (χ0v) is 17.1. The van der Waals surface area contributed by atoms with Crippen LogP contribution in [0, 0.1) is 0 Å². The Morgan fingerprint density at radius 2 is 1.96 bits per heavy atom. The number of thiophene rings is 1. The van der Waals surface area contributed by atoms with Crippen molar-refractivity contribution >= 4 is 56.3 Å². The number of fused-ring (bicyclic) bond motifs is 3. The summed E-state index contributed by atoms with van der Waals surface area (Å²) in [7, 11) is 1.31. The van der Waals surface area contributed by atoms with Crippen LogP contribution in [0.5, 0.6) is 5.75 Å². The third kappa shape index (κ3) is 3.79. The summed E-state index contributed by atoms with van der Waals surface area (Å²) in [4.78, 5) is 25.4. The first-order chi connectivity index (χ1) is 12.2. The van der Waals surface area contributed by atoms with Crippen molar-refractivity contribution in [2.24, 2.45) is 0 Å². The molecule has 1 aromatic heterocycles. The van der Waals surface area contributed by atoms with E-state index in [1.54, 1.807) is 20.8 Å². The molecule has 0 amide bonds. The van der Waals surface area contributed by atoms with Crippen molar-refractivity contribution in [3.05, 3.63) is 27.4 Å². The summed E-state index contributed by atoms with van der Waals surface area (Å²) in [6.45, 7) is 5.05. The highest BCUT2D eigenvalue weighted by atomic mass is 35.5. The van der Waals surface area contributed by atoms with Gasteiger partial charge in [0.1, 0.15) is 5.60 Å². The lowest BCUT2D eigenvalue weighted by Crippen LogP contribution is -2.27. The Kier molecular flexibility index (Phi) is 5.14. The van der Waals surface area contributed by atoms with E-state index in [-0.39, 0.29) is 6.61 Å². The van der Waals surface area contributed by atoms with Crippen LogP contribution in [0.4, 0.5) is 0 Å². The fourth-order valence-electron chi connectivity index (χ4n) is 2.50. The van der Waals surface area contributed by atoms with E-state index in [4.69, 9.17) is 25.8 Å². The summed E-state index contributed by atoms with van der Waals surface area (Å²) in [6, 6.07) is 3.81. The van der Waals surface area contributed by atoms with Crippen LogP contribution in [0.25, 0.3) is 20.5 Å². The fourth-order valence-corrected chi connectivity index (χ4v) is 4.81. The van der Waals surface area contributed by atoms with Crippen LogP contribution in [0.2, 0.25) is 5.02 Å². The highest BCUT2D eigenvalue weighted by Crippen LogP contribution is 2.49. The monoisotopic (exact) mass is 412 g/mol. The molecule has 138 valence electrons. The van der Waals surface area contributed by atoms with Gasteiger partial charge in [0.05, 0.1) is 17.5 Å². The topological polar surface area (TPSA) is 61.8 Å². The van der Waals surface area contributed by atoms with E-state index < -0.39 is 17.5 Å². The summed E-state index contributed by atoms with van der Waals surface area (Å²) in [5, 5.41) is 3.25. The zero-order valence-electron chi connectivity index (χ0n) is 14.7. The molecule has 0 fully saturated rings. The van der Waals surface area contributed by atoms with Crippen LogP contribution in [0.3, 0.4) is 0 Å². The largest absolute Gasteiger partial charge is 0.479 e. The predicted octanol–water partition coefficient (Wildman–Crippen LogP) is 5.23. The molecule has 8 heteroatoms. The molecule has 0 saturated heterocycles. The maximum absolute atomic E-state index is 12.1. The molecule has 3 rings (SSSR count). The highest BCUT2D eigenvalue weighted by Gasteiger charge is 2.27. The molecule has 0 saturated carbocycles. The van der Waals surface area contributed by atoms with Gasteiger partial charge in [-0.2, -0.15) is 0 Å². The maximum atomic E-state index is 12.1. The lowest BCUT2D eigenvalue weighted by molar-refractivity contribution is -0.157. The molecule has 0 atom stereocenters. The van der Waals surface area contributed by atoms with Gasteiger partial charge in [0.25, 0.3) is 0 Å². The van der Waals surface area contributed by atoms with E-state index in [9.17, 15) is 9.59 Å². The molecule has 1 aliphatic carbocycles. The van der Waals surface area contributed by atoms with E-state index in [1.807, 2.05) is 17.5 Å². The van der Waals surface area contributed by atoms with Crippen molar-refractivity contribution < 1.29 is 23.8 Å². The molecule has 0 bridgehead atoms. The maximum Gasteiger partial charge on any atom is 0.351 e. The van der Waals surface area contributed by atoms with E-state index in [2.05, 4.69) is 0 Å². The van der Waals surface area contributed by atoms with Crippen molar-refractivity contribution in [2.45, 2.75) is 26.4 Å². The second kappa shape index (κ2) is 7.06. The molecule has 0 radical (unpaired) electrons. The second-order valence-corrected chi connectivity index (χ2v) is 8.93. The molecule has 2 heterocycles. The van der Waals surface area contributed by atoms with Crippen LogP contribution in [0.1, 0.15) is 30.4 Å². The Hall–Kier alpha value is -1.83. The van der Waals surface area contributed by atoms with Gasteiger partial charge in [0, 0.05) is 15.0 Å². The average Bonchev–Trinajstić information content (AvgIpc) is 3.05. The quantitative estimate of drug-likeness (QED) is 0.549. The van der Waals surface area contributed by atoms with E-state index in [0.29, 0.717) is 15.6 Å². The third-order valence-corrected chi connectivity index (χ3v) is 5.87. The summed E-state index contributed by atoms with van der Waals surface area (Å²) in [6.07, 6.45) is 0. The molecule has 0 N–H and O–H groups in total. The number of halogens is 1. The Bertz CT molecular complexity index is 951. The summed E-state index contributed by atoms with van der Waals surface area (Å²) in [5.41, 5.74) is 0.351. The van der Waals surface area contributed by atoms with Crippen LogP contribution >= 0.6 is 34.3 Å². The summed E-state index contributed by atoms with van der Waals surface area (Å²) >= 11 is 8.79. The Balaban J connectivity index is 2.02. The number of ether oxygens (including phenoxy) is 3. The fraction of sp³-hybridized carbons (Fsp3) is 0.333. The van der Waals surface area contributed by atoms with Crippen molar-refractivity contribution in [1.29, 1.82) is 0 Å². The zero-order chi connectivity index (χ0) is 19.1. The minimum absolute atomic E-state index is 0.294. The lowest BCUT2D eigenvalue weighted by atomic mass is 10.2. The standard InChI is InChI=1S/C18H17ClO5S2/c1-18(2,3)24-12(20)7-23-14-13-11(26-16(14)17(21)22-4)6-9-5-10(19)8-25-15(9)13/h5-6,8H,7H2,1-4H3. The molecule has 1 aliphatic heterocycles. The third-order valence-electron chi connectivity index (χ3n) is 3.38. The molecule has 5 nitrogen and oxygen atoms in total. The first-order valence-corrected chi connectivity index (χ1v) is 9.83. The first-order valence-electron chi connectivity index (χ1n) is 7.76. The van der Waals surface area contributed by atoms with Crippen molar-refractivity contribution in [3.63, 3.8) is 0 Å². The van der Waals surface area contributed by atoms with Crippen molar-refractivity contribution in [1.82, 2.24) is 0 Å². The van der Waals surface area contributed by atoms with Crippen LogP contribution in [-0.2, 0) is 14.3 Å². The Labute approximate surface area is 163 Å². The van der Waals surface area contributed by atoms with Gasteiger partial charge in [0.2, 0.25) is 0 Å². The number of carbonyl (C=O) groups is 2. The minimum Gasteiger partial charge on any atom is -0.479 e. The number of hydrogen-bond donors (Lipinski definition) is 0. The minimum atomic E-state index is -0.610. The van der Waals surface area contributed by atoms with Gasteiger partial charge < -0.3 is 14.2 Å². The molecular weight excluding hydrogens is 396 g/mol. The predicted molar refractivity (Wildman–Crippen MR) is 104 cm³/mol. The smallest absolute Gasteiger partial charge is 0.351 e. The van der Waals surface area contributed by atoms with Crippen molar-refractivity contribution in [2.75, 3.05) is 13.7 Å². The van der Waals surface area contributed by atoms with E-state index in [1.165, 1.54) is 29.8 Å². The number of hydrogen-bond acceptors (Lipinski definition) is 7. The van der Waals surface area contributed by atoms with Crippen molar-refractivity contribution in [3.8, 4) is 16.2 Å². The number of esters is 2. The van der Waals surface area contributed by atoms with Gasteiger partial charge in [-0.05, 0) is 38.5 Å². The second-order valence-electron chi connectivity index (χ2n) is 6.56. The van der Waals surface area contributed by atoms with Gasteiger partial charge in [-0.1, -0.05) is 11.6 Å². The van der Waals surface area contributed by atoms with Gasteiger partial charge in [-0.25, -0.2) is 9.59 Å². The average molecular weight is 413 g/mol. The number of methoxy groups -OCH3 is 1. The van der Waals surface area contributed by atoms with Gasteiger partial charge in [0.15, 0.2) is 17.2 Å². The molecular formula is C18H17ClO5S2. The molecule has 26 heavy (non-hydrogen) atoms. The summed E-state index contributed by atoms with van der Waals surface area (Å²) in [5.74, 6) is -0.663. The molecule has 0 aromatic carbocycles. The van der Waals surface area contributed by atoms with Gasteiger partial charge in [-0.15, -0.1) is 22.7 Å². The molecule has 0 spiro atoms. The number of carbonyl (C=O) groups excluding carboxylic acids is 2. The molecule has 0 unspecified atom stereocenters. The summed E-state index contributed by atoms with van der Waals surface area (Å²) < 4.78 is 16.7. The van der Waals surface area contributed by atoms with E-state index >= 15 is 0 Å². The Morgan fingerprint density at radius 3 is 2.62 bits per heavy atom. The molecule has 2 aliphatic rings. The normalized spacial score (nSPS) is 11.7. The lowest BCUT2D eigenvalue weighted by Gasteiger charge is -2.19. The molecule has 1 aromatic rings. The van der Waals surface area contributed by atoms with Gasteiger partial charge >= 0.3 is 11.9 Å². The van der Waals surface area contributed by atoms with Crippen LogP contribution < -0.4 is 4.74 Å².